The van der Waals surface area contributed by atoms with E-state index in [1.165, 1.54) is 22.2 Å². The molecule has 7 heteroatoms. The number of amides is 1. The van der Waals surface area contributed by atoms with E-state index in [1.807, 2.05) is 35.1 Å². The van der Waals surface area contributed by atoms with E-state index in [-0.39, 0.29) is 24.1 Å². The van der Waals surface area contributed by atoms with Gasteiger partial charge in [-0.2, -0.15) is 5.10 Å². The van der Waals surface area contributed by atoms with Crippen molar-refractivity contribution in [1.29, 1.82) is 0 Å². The summed E-state index contributed by atoms with van der Waals surface area (Å²) in [5.74, 6) is -0.201. The highest BCUT2D eigenvalue weighted by Crippen LogP contribution is 2.30. The van der Waals surface area contributed by atoms with Gasteiger partial charge in [-0.1, -0.05) is 42.5 Å². The molecule has 2 aromatic carbocycles. The third kappa shape index (κ3) is 3.86. The molecular weight excluding hydrogens is 390 g/mol. The molecule has 0 saturated heterocycles. The zero-order valence-electron chi connectivity index (χ0n) is 17.1. The Hall–Kier alpha value is -3.74. The van der Waals surface area contributed by atoms with Crippen LogP contribution in [0.5, 0.6) is 0 Å². The molecule has 0 bridgehead atoms. The van der Waals surface area contributed by atoms with Gasteiger partial charge in [0.05, 0.1) is 36.0 Å². The van der Waals surface area contributed by atoms with Crippen LogP contribution in [0, 0.1) is 0 Å². The van der Waals surface area contributed by atoms with Crippen LogP contribution in [0.3, 0.4) is 0 Å². The van der Waals surface area contributed by atoms with E-state index in [9.17, 15) is 9.59 Å². The minimum absolute atomic E-state index is 0.0549. The highest BCUT2D eigenvalue weighted by Gasteiger charge is 2.25. The lowest BCUT2D eigenvalue weighted by Gasteiger charge is -2.24. The third-order valence-corrected chi connectivity index (χ3v) is 5.82. The van der Waals surface area contributed by atoms with Crippen molar-refractivity contribution in [2.75, 3.05) is 0 Å². The number of rotatable bonds is 5. The normalized spacial score (nSPS) is 15.5. The van der Waals surface area contributed by atoms with Crippen LogP contribution < -0.4 is 10.9 Å². The van der Waals surface area contributed by atoms with Gasteiger partial charge < -0.3 is 5.32 Å². The molecule has 0 spiro atoms. The zero-order valence-corrected chi connectivity index (χ0v) is 17.1. The molecule has 5 rings (SSSR count). The third-order valence-electron chi connectivity index (χ3n) is 5.82. The highest BCUT2D eigenvalue weighted by atomic mass is 16.2. The van der Waals surface area contributed by atoms with Gasteiger partial charge in [-0.15, -0.1) is 0 Å². The van der Waals surface area contributed by atoms with Gasteiger partial charge in [0.1, 0.15) is 6.54 Å². The van der Waals surface area contributed by atoms with Crippen LogP contribution in [0.1, 0.15) is 35.7 Å². The molecule has 0 radical (unpaired) electrons. The van der Waals surface area contributed by atoms with E-state index in [0.29, 0.717) is 10.9 Å². The summed E-state index contributed by atoms with van der Waals surface area (Å²) < 4.78 is 3.39. The average molecular weight is 413 g/mol. The van der Waals surface area contributed by atoms with Gasteiger partial charge in [0.25, 0.3) is 5.56 Å². The van der Waals surface area contributed by atoms with Gasteiger partial charge in [0, 0.05) is 11.3 Å². The maximum Gasteiger partial charge on any atom is 0.261 e. The molecule has 0 saturated carbocycles. The Balaban J connectivity index is 1.32. The topological polar surface area (TPSA) is 81.8 Å². The predicted molar refractivity (Wildman–Crippen MR) is 118 cm³/mol. The number of para-hydroxylation sites is 1. The fourth-order valence-electron chi connectivity index (χ4n) is 4.27. The summed E-state index contributed by atoms with van der Waals surface area (Å²) in [7, 11) is 0. The molecule has 2 aromatic heterocycles. The van der Waals surface area contributed by atoms with Gasteiger partial charge in [0.15, 0.2) is 0 Å². The quantitative estimate of drug-likeness (QED) is 0.546. The smallest absolute Gasteiger partial charge is 0.261 e. The lowest BCUT2D eigenvalue weighted by Crippen LogP contribution is -2.36. The van der Waals surface area contributed by atoms with Gasteiger partial charge in [0.2, 0.25) is 5.91 Å². The monoisotopic (exact) mass is 413 g/mol. The highest BCUT2D eigenvalue weighted by molar-refractivity contribution is 5.79. The second kappa shape index (κ2) is 8.18. The fraction of sp³-hybridized carbons (Fsp3) is 0.250. The molecular formula is C24H23N5O2. The Morgan fingerprint density at radius 1 is 1.10 bits per heavy atom. The molecule has 1 aliphatic carbocycles. The van der Waals surface area contributed by atoms with E-state index < -0.39 is 0 Å². The molecule has 1 N–H and O–H groups in total. The zero-order chi connectivity index (χ0) is 21.2. The van der Waals surface area contributed by atoms with Crippen molar-refractivity contribution in [3.05, 3.63) is 94.3 Å². The van der Waals surface area contributed by atoms with Crippen LogP contribution in [0.4, 0.5) is 0 Å². The van der Waals surface area contributed by atoms with Crippen molar-refractivity contribution in [2.24, 2.45) is 0 Å². The summed E-state index contributed by atoms with van der Waals surface area (Å²) in [6.45, 7) is 0.662. The van der Waals surface area contributed by atoms with Gasteiger partial charge in [-0.25, -0.2) is 4.98 Å². The van der Waals surface area contributed by atoms with E-state index in [1.54, 1.807) is 18.2 Å². The van der Waals surface area contributed by atoms with Gasteiger partial charge >= 0.3 is 0 Å². The summed E-state index contributed by atoms with van der Waals surface area (Å²) in [6, 6.07) is 17.3. The number of aromatic nitrogens is 4. The Morgan fingerprint density at radius 2 is 1.90 bits per heavy atom. The summed E-state index contributed by atoms with van der Waals surface area (Å²) >= 11 is 0. The first kappa shape index (κ1) is 19.2. The molecule has 0 aliphatic heterocycles. The Labute approximate surface area is 179 Å². The van der Waals surface area contributed by atoms with Crippen molar-refractivity contribution in [3.63, 3.8) is 0 Å². The molecule has 0 unspecified atom stereocenters. The van der Waals surface area contributed by atoms with Gasteiger partial charge in [-0.3, -0.25) is 18.8 Å². The Morgan fingerprint density at radius 3 is 2.77 bits per heavy atom. The molecule has 4 aromatic rings. The number of hydrogen-bond donors (Lipinski definition) is 1. The number of fused-ring (bicyclic) bond motifs is 2. The number of hydrogen-bond acceptors (Lipinski definition) is 4. The number of carbonyl (C=O) groups excluding carboxylic acids is 1. The molecule has 31 heavy (non-hydrogen) atoms. The lowest BCUT2D eigenvalue weighted by molar-refractivity contribution is -0.122. The number of benzene rings is 2. The number of nitrogens with one attached hydrogen (secondary N) is 1. The standard InChI is InChI=1S/C24H23N5O2/c30-23(15-28-16-25-20-10-5-4-9-18(20)24(28)31)27-21-11-6-12-22-19(21)13-26-29(22)14-17-7-2-1-3-8-17/h1-5,7-10,13,16,21H,6,11-12,14-15H2,(H,27,30)/t21-/m1/s1. The first-order valence-corrected chi connectivity index (χ1v) is 10.5. The van der Waals surface area contributed by atoms with E-state index in [0.717, 1.165) is 31.4 Å². The molecule has 156 valence electrons. The molecule has 0 fully saturated rings. The number of carbonyl (C=O) groups is 1. The molecule has 1 aliphatic rings. The summed E-state index contributed by atoms with van der Waals surface area (Å²) in [4.78, 5) is 29.7. The largest absolute Gasteiger partial charge is 0.348 e. The molecule has 1 atom stereocenters. The van der Waals surface area contributed by atoms with Crippen LogP contribution in [-0.2, 0) is 24.3 Å². The van der Waals surface area contributed by atoms with Crippen molar-refractivity contribution in [3.8, 4) is 0 Å². The molecule has 7 nitrogen and oxygen atoms in total. The summed E-state index contributed by atoms with van der Waals surface area (Å²) in [6.07, 6.45) is 6.10. The molecule has 2 heterocycles. The Bertz CT molecular complexity index is 1290. The van der Waals surface area contributed by atoms with Crippen molar-refractivity contribution in [1.82, 2.24) is 24.6 Å². The summed E-state index contributed by atoms with van der Waals surface area (Å²) in [5, 5.41) is 8.19. The van der Waals surface area contributed by atoms with E-state index in [2.05, 4.69) is 27.5 Å². The van der Waals surface area contributed by atoms with Crippen LogP contribution in [-0.4, -0.2) is 25.2 Å². The van der Waals surface area contributed by atoms with E-state index >= 15 is 0 Å². The van der Waals surface area contributed by atoms with Crippen LogP contribution in [0.2, 0.25) is 0 Å². The second-order valence-corrected chi connectivity index (χ2v) is 7.90. The SMILES string of the molecule is O=C(Cn1cnc2ccccc2c1=O)N[C@@H]1CCCc2c1cnn2Cc1ccccc1. The van der Waals surface area contributed by atoms with Crippen molar-refractivity contribution in [2.45, 2.75) is 38.4 Å². The number of nitrogens with zero attached hydrogens (tertiary/aromatic N) is 4. The predicted octanol–water partition coefficient (Wildman–Crippen LogP) is 2.84. The molecule has 1 amide bonds. The Kier molecular flexibility index (Phi) is 5.08. The first-order chi connectivity index (χ1) is 15.2. The minimum atomic E-state index is -0.208. The summed E-state index contributed by atoms with van der Waals surface area (Å²) in [5.41, 5.74) is 3.86. The van der Waals surface area contributed by atoms with Gasteiger partial charge in [-0.05, 0) is 37.0 Å². The van der Waals surface area contributed by atoms with Crippen molar-refractivity contribution >= 4 is 16.8 Å². The van der Waals surface area contributed by atoms with Crippen LogP contribution in [0.25, 0.3) is 10.9 Å². The fourth-order valence-corrected chi connectivity index (χ4v) is 4.27. The lowest BCUT2D eigenvalue weighted by atomic mass is 9.93. The van der Waals surface area contributed by atoms with Crippen LogP contribution >= 0.6 is 0 Å². The maximum atomic E-state index is 12.8. The second-order valence-electron chi connectivity index (χ2n) is 7.90. The van der Waals surface area contributed by atoms with Crippen molar-refractivity contribution < 1.29 is 4.79 Å². The minimum Gasteiger partial charge on any atom is -0.348 e. The first-order valence-electron chi connectivity index (χ1n) is 10.5. The van der Waals surface area contributed by atoms with E-state index in [4.69, 9.17) is 0 Å². The maximum absolute atomic E-state index is 12.8. The average Bonchev–Trinajstić information content (AvgIpc) is 3.20. The van der Waals surface area contributed by atoms with Crippen LogP contribution in [0.15, 0.2) is 71.9 Å².